The summed E-state index contributed by atoms with van der Waals surface area (Å²) >= 11 is 0. The molecule has 0 radical (unpaired) electrons. The Morgan fingerprint density at radius 2 is 1.81 bits per heavy atom. The first-order chi connectivity index (χ1) is 13.2. The molecule has 0 bridgehead atoms. The Balaban J connectivity index is 1.32. The molecule has 5 heteroatoms. The van der Waals surface area contributed by atoms with E-state index in [0.29, 0.717) is 11.3 Å². The number of piperazine rings is 1. The van der Waals surface area contributed by atoms with E-state index >= 15 is 0 Å². The SMILES string of the molecule is CN1CCN(C[C@H]2CCCN(Cc3ccc(-c4ccccc4F)o3)C2)CC1. The van der Waals surface area contributed by atoms with E-state index in [0.717, 1.165) is 31.3 Å². The standard InChI is InChI=1S/C22H30FN3O/c1-24-11-13-25(14-12-24)15-18-5-4-10-26(16-18)17-19-8-9-22(27-19)20-6-2-3-7-21(20)23/h2-3,6-9,18H,4-5,10-17H2,1H3/t18-/m1/s1. The second kappa shape index (κ2) is 8.55. The Kier molecular flexibility index (Phi) is 5.91. The van der Waals surface area contributed by atoms with E-state index in [1.165, 1.54) is 51.6 Å². The van der Waals surface area contributed by atoms with Gasteiger partial charge in [0.25, 0.3) is 0 Å². The highest BCUT2D eigenvalue weighted by atomic mass is 19.1. The van der Waals surface area contributed by atoms with Gasteiger partial charge in [-0.1, -0.05) is 12.1 Å². The lowest BCUT2D eigenvalue weighted by Crippen LogP contribution is -2.48. The van der Waals surface area contributed by atoms with Crippen molar-refractivity contribution in [2.75, 3.05) is 52.9 Å². The average Bonchev–Trinajstić information content (AvgIpc) is 3.12. The third-order valence-corrected chi connectivity index (χ3v) is 5.90. The van der Waals surface area contributed by atoms with Crippen LogP contribution in [0.5, 0.6) is 0 Å². The van der Waals surface area contributed by atoms with Gasteiger partial charge in [-0.05, 0) is 56.6 Å². The van der Waals surface area contributed by atoms with Crippen molar-refractivity contribution in [3.8, 4) is 11.3 Å². The molecule has 2 fully saturated rings. The van der Waals surface area contributed by atoms with Crippen molar-refractivity contribution in [3.05, 3.63) is 48.0 Å². The van der Waals surface area contributed by atoms with Crippen LogP contribution in [0.3, 0.4) is 0 Å². The summed E-state index contributed by atoms with van der Waals surface area (Å²) in [7, 11) is 2.21. The van der Waals surface area contributed by atoms with Crippen LogP contribution in [0.15, 0.2) is 40.8 Å². The Hall–Kier alpha value is -1.69. The maximum atomic E-state index is 14.0. The number of likely N-dealkylation sites (tertiary alicyclic amines) is 1. The molecule has 0 spiro atoms. The Morgan fingerprint density at radius 1 is 1.00 bits per heavy atom. The molecule has 146 valence electrons. The predicted molar refractivity (Wildman–Crippen MR) is 106 cm³/mol. The van der Waals surface area contributed by atoms with Gasteiger partial charge in [0, 0.05) is 39.3 Å². The van der Waals surface area contributed by atoms with Crippen molar-refractivity contribution in [2.24, 2.45) is 5.92 Å². The van der Waals surface area contributed by atoms with Crippen LogP contribution < -0.4 is 0 Å². The molecule has 2 aliphatic rings. The van der Waals surface area contributed by atoms with Crippen molar-refractivity contribution < 1.29 is 8.81 Å². The van der Waals surface area contributed by atoms with Gasteiger partial charge in [-0.3, -0.25) is 4.90 Å². The number of furan rings is 1. The first-order valence-corrected chi connectivity index (χ1v) is 10.1. The molecule has 1 atom stereocenters. The van der Waals surface area contributed by atoms with E-state index in [4.69, 9.17) is 4.42 Å². The van der Waals surface area contributed by atoms with E-state index < -0.39 is 0 Å². The van der Waals surface area contributed by atoms with Gasteiger partial charge < -0.3 is 14.2 Å². The second-order valence-electron chi connectivity index (χ2n) is 8.09. The first kappa shape index (κ1) is 18.7. The van der Waals surface area contributed by atoms with E-state index in [-0.39, 0.29) is 5.82 Å². The Bertz CT molecular complexity index is 739. The van der Waals surface area contributed by atoms with Crippen molar-refractivity contribution >= 4 is 0 Å². The Morgan fingerprint density at radius 3 is 2.63 bits per heavy atom. The lowest BCUT2D eigenvalue weighted by molar-refractivity contribution is 0.0939. The van der Waals surface area contributed by atoms with Crippen molar-refractivity contribution in [1.29, 1.82) is 0 Å². The van der Waals surface area contributed by atoms with Gasteiger partial charge in [0.1, 0.15) is 17.3 Å². The number of rotatable bonds is 5. The van der Waals surface area contributed by atoms with Crippen molar-refractivity contribution in [1.82, 2.24) is 14.7 Å². The van der Waals surface area contributed by atoms with E-state index in [2.05, 4.69) is 21.7 Å². The maximum Gasteiger partial charge on any atom is 0.137 e. The molecular formula is C22H30FN3O. The zero-order valence-electron chi connectivity index (χ0n) is 16.2. The lowest BCUT2D eigenvalue weighted by Gasteiger charge is -2.38. The summed E-state index contributed by atoms with van der Waals surface area (Å²) in [6, 6.07) is 10.7. The fraction of sp³-hybridized carbons (Fsp3) is 0.545. The highest BCUT2D eigenvalue weighted by Crippen LogP contribution is 2.26. The van der Waals surface area contributed by atoms with Crippen LogP contribution in [0, 0.1) is 11.7 Å². The zero-order valence-corrected chi connectivity index (χ0v) is 16.2. The highest BCUT2D eigenvalue weighted by molar-refractivity contribution is 5.58. The van der Waals surface area contributed by atoms with Crippen LogP contribution in [-0.4, -0.2) is 67.6 Å². The predicted octanol–water partition coefficient (Wildman–Crippen LogP) is 3.55. The molecule has 1 aromatic carbocycles. The van der Waals surface area contributed by atoms with Crippen molar-refractivity contribution in [3.63, 3.8) is 0 Å². The van der Waals surface area contributed by atoms with Gasteiger partial charge in [0.15, 0.2) is 0 Å². The van der Waals surface area contributed by atoms with Gasteiger partial charge in [-0.25, -0.2) is 4.39 Å². The topological polar surface area (TPSA) is 22.9 Å². The summed E-state index contributed by atoms with van der Waals surface area (Å²) in [5.41, 5.74) is 0.537. The van der Waals surface area contributed by atoms with E-state index in [1.54, 1.807) is 12.1 Å². The summed E-state index contributed by atoms with van der Waals surface area (Å²) in [5, 5.41) is 0. The number of hydrogen-bond acceptors (Lipinski definition) is 4. The fourth-order valence-corrected chi connectivity index (χ4v) is 4.33. The fourth-order valence-electron chi connectivity index (χ4n) is 4.33. The van der Waals surface area contributed by atoms with Crippen LogP contribution in [0.25, 0.3) is 11.3 Å². The molecule has 0 amide bonds. The van der Waals surface area contributed by atoms with Crippen LogP contribution in [0.4, 0.5) is 4.39 Å². The quantitative estimate of drug-likeness (QED) is 0.802. The molecule has 2 aliphatic heterocycles. The zero-order chi connectivity index (χ0) is 18.6. The van der Waals surface area contributed by atoms with Gasteiger partial charge >= 0.3 is 0 Å². The molecule has 2 aromatic rings. The third kappa shape index (κ3) is 4.78. The average molecular weight is 372 g/mol. The molecule has 27 heavy (non-hydrogen) atoms. The van der Waals surface area contributed by atoms with Crippen LogP contribution in [0.2, 0.25) is 0 Å². The van der Waals surface area contributed by atoms with Gasteiger partial charge in [0.05, 0.1) is 12.1 Å². The van der Waals surface area contributed by atoms with E-state index in [9.17, 15) is 4.39 Å². The normalized spacial score (nSPS) is 23.0. The largest absolute Gasteiger partial charge is 0.460 e. The summed E-state index contributed by atoms with van der Waals surface area (Å²) in [6.45, 7) is 9.02. The van der Waals surface area contributed by atoms with Crippen LogP contribution in [-0.2, 0) is 6.54 Å². The maximum absolute atomic E-state index is 14.0. The molecule has 0 aliphatic carbocycles. The number of hydrogen-bond donors (Lipinski definition) is 0. The van der Waals surface area contributed by atoms with Gasteiger partial charge in [-0.2, -0.15) is 0 Å². The summed E-state index contributed by atoms with van der Waals surface area (Å²) in [5.74, 6) is 2.05. The minimum absolute atomic E-state index is 0.233. The van der Waals surface area contributed by atoms with Gasteiger partial charge in [-0.15, -0.1) is 0 Å². The minimum atomic E-state index is -0.233. The molecule has 3 heterocycles. The Labute approximate surface area is 161 Å². The molecule has 0 saturated carbocycles. The van der Waals surface area contributed by atoms with Crippen LogP contribution in [0.1, 0.15) is 18.6 Å². The summed E-state index contributed by atoms with van der Waals surface area (Å²) in [4.78, 5) is 7.53. The molecule has 4 nitrogen and oxygen atoms in total. The summed E-state index contributed by atoms with van der Waals surface area (Å²) < 4.78 is 19.9. The first-order valence-electron chi connectivity index (χ1n) is 10.1. The number of piperidine rings is 1. The van der Waals surface area contributed by atoms with E-state index in [1.807, 2.05) is 18.2 Å². The highest BCUT2D eigenvalue weighted by Gasteiger charge is 2.24. The van der Waals surface area contributed by atoms with Crippen molar-refractivity contribution in [2.45, 2.75) is 19.4 Å². The number of likely N-dealkylation sites (N-methyl/N-ethyl adjacent to an activating group) is 1. The summed E-state index contributed by atoms with van der Waals surface area (Å²) in [6.07, 6.45) is 2.57. The molecular weight excluding hydrogens is 341 g/mol. The number of halogens is 1. The smallest absolute Gasteiger partial charge is 0.137 e. The molecule has 1 aromatic heterocycles. The second-order valence-corrected chi connectivity index (χ2v) is 8.09. The minimum Gasteiger partial charge on any atom is -0.460 e. The van der Waals surface area contributed by atoms with Crippen LogP contribution >= 0.6 is 0 Å². The third-order valence-electron chi connectivity index (χ3n) is 5.90. The van der Waals surface area contributed by atoms with Gasteiger partial charge in [0.2, 0.25) is 0 Å². The number of benzene rings is 1. The molecule has 4 rings (SSSR count). The number of nitrogens with zero attached hydrogens (tertiary/aromatic N) is 3. The molecule has 2 saturated heterocycles. The molecule has 0 unspecified atom stereocenters. The molecule has 0 N–H and O–H groups in total. The monoisotopic (exact) mass is 371 g/mol. The lowest BCUT2D eigenvalue weighted by atomic mass is 9.97.